The molecule has 0 aliphatic carbocycles. The molecule has 2 nitrogen and oxygen atoms in total. The highest BCUT2D eigenvalue weighted by Gasteiger charge is 2.09. The maximum absolute atomic E-state index is 8.69. The number of nitrogens with one attached hydrogen (secondary N) is 1. The van der Waals surface area contributed by atoms with Crippen LogP contribution in [0.2, 0.25) is 0 Å². The zero-order valence-corrected chi connectivity index (χ0v) is 7.99. The maximum atomic E-state index is 8.69. The van der Waals surface area contributed by atoms with Crippen molar-refractivity contribution < 1.29 is 0 Å². The minimum absolute atomic E-state index is 0.0280. The van der Waals surface area contributed by atoms with Crippen LogP contribution in [0.15, 0.2) is 30.3 Å². The molecule has 68 valence electrons. The van der Waals surface area contributed by atoms with E-state index in [1.54, 1.807) is 0 Å². The molecule has 1 N–H and O–H groups in total. The molecule has 0 aromatic heterocycles. The van der Waals surface area contributed by atoms with Gasteiger partial charge in [-0.1, -0.05) is 18.2 Å². The number of anilines is 1. The topological polar surface area (TPSA) is 35.8 Å². The molecule has 1 aromatic rings. The Morgan fingerprint density at radius 3 is 2.38 bits per heavy atom. The van der Waals surface area contributed by atoms with Gasteiger partial charge in [0, 0.05) is 11.7 Å². The van der Waals surface area contributed by atoms with E-state index in [0.717, 1.165) is 5.69 Å². The first-order valence-corrected chi connectivity index (χ1v) is 4.45. The van der Waals surface area contributed by atoms with Crippen LogP contribution in [0.1, 0.15) is 13.8 Å². The summed E-state index contributed by atoms with van der Waals surface area (Å²) in [6.07, 6.45) is 0. The summed E-state index contributed by atoms with van der Waals surface area (Å²) in [6, 6.07) is 12.3. The average molecular weight is 174 g/mol. The summed E-state index contributed by atoms with van der Waals surface area (Å²) >= 11 is 0. The highest BCUT2D eigenvalue weighted by molar-refractivity contribution is 5.43. The first-order chi connectivity index (χ1) is 6.24. The van der Waals surface area contributed by atoms with Gasteiger partial charge in [0.15, 0.2) is 0 Å². The third-order valence-electron chi connectivity index (χ3n) is 2.12. The molecular weight excluding hydrogens is 160 g/mol. The second kappa shape index (κ2) is 4.51. The summed E-state index contributed by atoms with van der Waals surface area (Å²) < 4.78 is 0. The van der Waals surface area contributed by atoms with Gasteiger partial charge < -0.3 is 5.32 Å². The number of hydrogen-bond acceptors (Lipinski definition) is 2. The summed E-state index contributed by atoms with van der Waals surface area (Å²) in [5.74, 6) is 0.0280. The van der Waals surface area contributed by atoms with E-state index in [0.29, 0.717) is 0 Å². The van der Waals surface area contributed by atoms with Crippen LogP contribution in [0.5, 0.6) is 0 Å². The molecule has 13 heavy (non-hydrogen) atoms. The predicted octanol–water partition coefficient (Wildman–Crippen LogP) is 2.65. The van der Waals surface area contributed by atoms with Crippen molar-refractivity contribution in [2.75, 3.05) is 5.32 Å². The van der Waals surface area contributed by atoms with Crippen molar-refractivity contribution in [2.24, 2.45) is 5.92 Å². The highest BCUT2D eigenvalue weighted by atomic mass is 14.9. The van der Waals surface area contributed by atoms with Gasteiger partial charge in [-0.15, -0.1) is 0 Å². The lowest BCUT2D eigenvalue weighted by molar-refractivity contribution is 0.631. The molecule has 2 atom stereocenters. The summed E-state index contributed by atoms with van der Waals surface area (Å²) in [6.45, 7) is 3.93. The van der Waals surface area contributed by atoms with Crippen LogP contribution in [0.4, 0.5) is 5.69 Å². The van der Waals surface area contributed by atoms with E-state index in [4.69, 9.17) is 5.26 Å². The van der Waals surface area contributed by atoms with Crippen LogP contribution in [0.3, 0.4) is 0 Å². The Bertz CT molecular complexity index is 287. The Labute approximate surface area is 79.2 Å². The van der Waals surface area contributed by atoms with E-state index in [-0.39, 0.29) is 12.0 Å². The van der Waals surface area contributed by atoms with Crippen LogP contribution in [-0.4, -0.2) is 6.04 Å². The summed E-state index contributed by atoms with van der Waals surface area (Å²) in [4.78, 5) is 0. The lowest BCUT2D eigenvalue weighted by Crippen LogP contribution is -2.22. The molecule has 0 spiro atoms. The fourth-order valence-corrected chi connectivity index (χ4v) is 1.03. The molecule has 1 rings (SSSR count). The Balaban J connectivity index is 2.56. The molecule has 0 heterocycles. The van der Waals surface area contributed by atoms with E-state index in [1.807, 2.05) is 44.2 Å². The summed E-state index contributed by atoms with van der Waals surface area (Å²) in [7, 11) is 0. The van der Waals surface area contributed by atoms with E-state index < -0.39 is 0 Å². The highest BCUT2D eigenvalue weighted by Crippen LogP contribution is 2.11. The van der Waals surface area contributed by atoms with Gasteiger partial charge in [-0.05, 0) is 26.0 Å². The Morgan fingerprint density at radius 1 is 1.23 bits per heavy atom. The maximum Gasteiger partial charge on any atom is 0.0674 e. The van der Waals surface area contributed by atoms with Crippen molar-refractivity contribution in [2.45, 2.75) is 19.9 Å². The molecular formula is C11H14N2. The van der Waals surface area contributed by atoms with Gasteiger partial charge in [0.25, 0.3) is 0 Å². The number of hydrogen-bond donors (Lipinski definition) is 1. The largest absolute Gasteiger partial charge is 0.381 e. The fraction of sp³-hybridized carbons (Fsp3) is 0.364. The normalized spacial score (nSPS) is 14.2. The fourth-order valence-electron chi connectivity index (χ4n) is 1.03. The van der Waals surface area contributed by atoms with Gasteiger partial charge in [-0.25, -0.2) is 0 Å². The molecule has 0 saturated heterocycles. The Hall–Kier alpha value is -1.49. The van der Waals surface area contributed by atoms with Crippen LogP contribution < -0.4 is 5.32 Å². The SMILES string of the molecule is CC(C#N)C(C)Nc1ccccc1. The number of nitrogens with zero attached hydrogens (tertiary/aromatic N) is 1. The second-order valence-corrected chi connectivity index (χ2v) is 3.22. The molecule has 0 aliphatic heterocycles. The molecule has 2 heteroatoms. The van der Waals surface area contributed by atoms with Gasteiger partial charge >= 0.3 is 0 Å². The van der Waals surface area contributed by atoms with Crippen LogP contribution in [-0.2, 0) is 0 Å². The lowest BCUT2D eigenvalue weighted by atomic mass is 10.1. The molecule has 0 aliphatic rings. The first kappa shape index (κ1) is 9.60. The monoisotopic (exact) mass is 174 g/mol. The van der Waals surface area contributed by atoms with Gasteiger partial charge in [0.1, 0.15) is 0 Å². The van der Waals surface area contributed by atoms with Crippen molar-refractivity contribution in [3.8, 4) is 6.07 Å². The number of para-hydroxylation sites is 1. The first-order valence-electron chi connectivity index (χ1n) is 4.45. The van der Waals surface area contributed by atoms with Crippen LogP contribution >= 0.6 is 0 Å². The number of nitriles is 1. The molecule has 0 amide bonds. The molecule has 0 radical (unpaired) electrons. The van der Waals surface area contributed by atoms with Crippen molar-refractivity contribution in [1.29, 1.82) is 5.26 Å². The smallest absolute Gasteiger partial charge is 0.0674 e. The molecule has 0 fully saturated rings. The zero-order chi connectivity index (χ0) is 9.68. The Kier molecular flexibility index (Phi) is 3.33. The van der Waals surface area contributed by atoms with Gasteiger partial charge in [-0.2, -0.15) is 5.26 Å². The van der Waals surface area contributed by atoms with Crippen LogP contribution in [0.25, 0.3) is 0 Å². The van der Waals surface area contributed by atoms with Gasteiger partial charge in [0.05, 0.1) is 12.0 Å². The average Bonchev–Trinajstić information content (AvgIpc) is 2.18. The Morgan fingerprint density at radius 2 is 1.85 bits per heavy atom. The summed E-state index contributed by atoms with van der Waals surface area (Å²) in [5.41, 5.74) is 1.07. The van der Waals surface area contributed by atoms with E-state index in [2.05, 4.69) is 11.4 Å². The van der Waals surface area contributed by atoms with Crippen molar-refractivity contribution >= 4 is 5.69 Å². The standard InChI is InChI=1S/C11H14N2/c1-9(8-12)10(2)13-11-6-4-3-5-7-11/h3-7,9-10,13H,1-2H3. The van der Waals surface area contributed by atoms with Gasteiger partial charge in [0.2, 0.25) is 0 Å². The lowest BCUT2D eigenvalue weighted by Gasteiger charge is -2.16. The quantitative estimate of drug-likeness (QED) is 0.764. The number of rotatable bonds is 3. The van der Waals surface area contributed by atoms with Gasteiger partial charge in [-0.3, -0.25) is 0 Å². The van der Waals surface area contributed by atoms with Crippen molar-refractivity contribution in [3.63, 3.8) is 0 Å². The molecule has 0 saturated carbocycles. The molecule has 1 aromatic carbocycles. The minimum atomic E-state index is 0.0280. The van der Waals surface area contributed by atoms with Crippen molar-refractivity contribution in [3.05, 3.63) is 30.3 Å². The predicted molar refractivity (Wildman–Crippen MR) is 54.3 cm³/mol. The third kappa shape index (κ3) is 2.79. The second-order valence-electron chi connectivity index (χ2n) is 3.22. The zero-order valence-electron chi connectivity index (χ0n) is 7.99. The van der Waals surface area contributed by atoms with E-state index in [9.17, 15) is 0 Å². The minimum Gasteiger partial charge on any atom is -0.381 e. The summed E-state index contributed by atoms with van der Waals surface area (Å²) in [5, 5.41) is 12.0. The molecule has 2 unspecified atom stereocenters. The van der Waals surface area contributed by atoms with E-state index in [1.165, 1.54) is 0 Å². The van der Waals surface area contributed by atoms with Crippen molar-refractivity contribution in [1.82, 2.24) is 0 Å². The number of benzene rings is 1. The van der Waals surface area contributed by atoms with Crippen LogP contribution in [0, 0.1) is 17.2 Å². The molecule has 0 bridgehead atoms. The third-order valence-corrected chi connectivity index (χ3v) is 2.12. The van der Waals surface area contributed by atoms with E-state index >= 15 is 0 Å².